The topological polar surface area (TPSA) is 50.6 Å². The lowest BCUT2D eigenvalue weighted by Gasteiger charge is -2.35. The lowest BCUT2D eigenvalue weighted by Crippen LogP contribution is -2.50. The summed E-state index contributed by atoms with van der Waals surface area (Å²) in [4.78, 5) is 20.1. The van der Waals surface area contributed by atoms with Crippen LogP contribution in [0.4, 0.5) is 4.79 Å². The Hall–Kier alpha value is -1.56. The molecule has 0 atom stereocenters. The van der Waals surface area contributed by atoms with Crippen LogP contribution in [0.2, 0.25) is 0 Å². The highest BCUT2D eigenvalue weighted by atomic mass is 16.6. The van der Waals surface area contributed by atoms with Crippen LogP contribution in [0.1, 0.15) is 20.8 Å². The fourth-order valence-corrected chi connectivity index (χ4v) is 2.16. The van der Waals surface area contributed by atoms with Gasteiger partial charge in [0.2, 0.25) is 0 Å². The largest absolute Gasteiger partial charge is 0.444 e. The average molecular weight is 280 g/mol. The van der Waals surface area contributed by atoms with Crippen LogP contribution in [0.25, 0.3) is 0 Å². The number of amides is 1. The Morgan fingerprint density at radius 2 is 1.90 bits per heavy atom. The predicted molar refractivity (Wildman–Crippen MR) is 76.5 cm³/mol. The van der Waals surface area contributed by atoms with Crippen LogP contribution in [0, 0.1) is 0 Å². The molecule has 0 unspecified atom stereocenters. The summed E-state index contributed by atoms with van der Waals surface area (Å²) in [6.45, 7) is 10.9. The van der Waals surface area contributed by atoms with E-state index in [9.17, 15) is 4.79 Å². The lowest BCUT2D eigenvalue weighted by atomic mass is 10.2. The first-order chi connectivity index (χ1) is 9.44. The molecular formula is C14H24N4O2. The molecule has 1 aliphatic heterocycles. The summed E-state index contributed by atoms with van der Waals surface area (Å²) in [6, 6.07) is 0. The summed E-state index contributed by atoms with van der Waals surface area (Å²) in [5.74, 6) is 0. The summed E-state index contributed by atoms with van der Waals surface area (Å²) in [6.07, 6.45) is 5.39. The minimum Gasteiger partial charge on any atom is -0.444 e. The van der Waals surface area contributed by atoms with Crippen molar-refractivity contribution < 1.29 is 9.53 Å². The third-order valence-corrected chi connectivity index (χ3v) is 3.26. The molecule has 0 spiro atoms. The SMILES string of the molecule is CC(C)(C)OC(=O)N1CCN(CCn2ccnc2)CC1. The van der Waals surface area contributed by atoms with E-state index in [2.05, 4.69) is 14.5 Å². The van der Waals surface area contributed by atoms with E-state index in [1.54, 1.807) is 11.1 Å². The molecule has 0 N–H and O–H groups in total. The van der Waals surface area contributed by atoms with Crippen LogP contribution in [-0.2, 0) is 11.3 Å². The van der Waals surface area contributed by atoms with Crippen LogP contribution in [0.3, 0.4) is 0 Å². The molecule has 112 valence electrons. The van der Waals surface area contributed by atoms with E-state index in [-0.39, 0.29) is 6.09 Å². The van der Waals surface area contributed by atoms with Crippen molar-refractivity contribution in [1.29, 1.82) is 0 Å². The van der Waals surface area contributed by atoms with Gasteiger partial charge < -0.3 is 14.2 Å². The van der Waals surface area contributed by atoms with Gasteiger partial charge in [0.15, 0.2) is 0 Å². The Morgan fingerprint density at radius 1 is 1.20 bits per heavy atom. The first-order valence-electron chi connectivity index (χ1n) is 7.10. The third kappa shape index (κ3) is 4.52. The number of carbonyl (C=O) groups is 1. The number of rotatable bonds is 3. The van der Waals surface area contributed by atoms with Crippen LogP contribution < -0.4 is 0 Å². The van der Waals surface area contributed by atoms with Gasteiger partial charge in [-0.15, -0.1) is 0 Å². The van der Waals surface area contributed by atoms with Crippen molar-refractivity contribution in [2.45, 2.75) is 32.9 Å². The number of imidazole rings is 1. The molecule has 0 radical (unpaired) electrons. The van der Waals surface area contributed by atoms with Crippen molar-refractivity contribution in [3.8, 4) is 0 Å². The Labute approximate surface area is 120 Å². The molecule has 2 heterocycles. The van der Waals surface area contributed by atoms with Gasteiger partial charge in [-0.2, -0.15) is 0 Å². The summed E-state index contributed by atoms with van der Waals surface area (Å²) in [5, 5.41) is 0. The van der Waals surface area contributed by atoms with Gasteiger partial charge in [-0.25, -0.2) is 9.78 Å². The Balaban J connectivity index is 1.71. The van der Waals surface area contributed by atoms with Gasteiger partial charge in [-0.05, 0) is 20.8 Å². The first-order valence-corrected chi connectivity index (χ1v) is 7.10. The summed E-state index contributed by atoms with van der Waals surface area (Å²) < 4.78 is 7.46. The number of carbonyl (C=O) groups excluding carboxylic acids is 1. The fourth-order valence-electron chi connectivity index (χ4n) is 2.16. The van der Waals surface area contributed by atoms with Crippen molar-refractivity contribution in [2.24, 2.45) is 0 Å². The summed E-state index contributed by atoms with van der Waals surface area (Å²) in [5.41, 5.74) is -0.421. The van der Waals surface area contributed by atoms with Crippen molar-refractivity contribution in [3.05, 3.63) is 18.7 Å². The van der Waals surface area contributed by atoms with Gasteiger partial charge in [0, 0.05) is 51.7 Å². The Bertz CT molecular complexity index is 417. The molecule has 6 nitrogen and oxygen atoms in total. The molecule has 0 bridgehead atoms. The van der Waals surface area contributed by atoms with E-state index in [1.165, 1.54) is 0 Å². The smallest absolute Gasteiger partial charge is 0.410 e. The molecule has 1 saturated heterocycles. The lowest BCUT2D eigenvalue weighted by molar-refractivity contribution is 0.0143. The molecule has 1 aliphatic rings. The van der Waals surface area contributed by atoms with Gasteiger partial charge in [0.1, 0.15) is 5.60 Å². The molecule has 1 aromatic heterocycles. The molecule has 20 heavy (non-hydrogen) atoms. The van der Waals surface area contributed by atoms with Gasteiger partial charge in [-0.3, -0.25) is 4.90 Å². The fraction of sp³-hybridized carbons (Fsp3) is 0.714. The molecule has 0 saturated carbocycles. The molecule has 2 rings (SSSR count). The van der Waals surface area contributed by atoms with Crippen molar-refractivity contribution >= 4 is 6.09 Å². The minimum atomic E-state index is -0.421. The molecule has 1 amide bonds. The van der Waals surface area contributed by atoms with Crippen molar-refractivity contribution in [2.75, 3.05) is 32.7 Å². The molecular weight excluding hydrogens is 256 g/mol. The highest BCUT2D eigenvalue weighted by Crippen LogP contribution is 2.11. The number of ether oxygens (including phenoxy) is 1. The van der Waals surface area contributed by atoms with Gasteiger partial charge in [0.25, 0.3) is 0 Å². The molecule has 0 aliphatic carbocycles. The number of piperazine rings is 1. The minimum absolute atomic E-state index is 0.202. The number of hydrogen-bond acceptors (Lipinski definition) is 4. The van der Waals surface area contributed by atoms with E-state index in [0.29, 0.717) is 0 Å². The number of nitrogens with zero attached hydrogens (tertiary/aromatic N) is 4. The zero-order chi connectivity index (χ0) is 14.6. The maximum atomic E-state index is 11.9. The number of hydrogen-bond donors (Lipinski definition) is 0. The second-order valence-corrected chi connectivity index (χ2v) is 6.11. The quantitative estimate of drug-likeness (QED) is 0.840. The van der Waals surface area contributed by atoms with Crippen molar-refractivity contribution in [1.82, 2.24) is 19.4 Å². The standard InChI is InChI=1S/C14H24N4O2/c1-14(2,3)20-13(19)18-10-8-16(9-11-18)6-7-17-5-4-15-12-17/h4-5,12H,6-11H2,1-3H3. The zero-order valence-electron chi connectivity index (χ0n) is 12.6. The number of aromatic nitrogens is 2. The van der Waals surface area contributed by atoms with Gasteiger partial charge in [-0.1, -0.05) is 0 Å². The van der Waals surface area contributed by atoms with Crippen LogP contribution in [0.5, 0.6) is 0 Å². The van der Waals surface area contributed by atoms with Gasteiger partial charge in [0.05, 0.1) is 6.33 Å². The average Bonchev–Trinajstić information content (AvgIpc) is 2.88. The van der Waals surface area contributed by atoms with Crippen LogP contribution in [-0.4, -0.2) is 63.8 Å². The normalized spacial score (nSPS) is 17.2. The molecule has 1 aromatic rings. The van der Waals surface area contributed by atoms with E-state index in [1.807, 2.05) is 33.3 Å². The zero-order valence-corrected chi connectivity index (χ0v) is 12.6. The maximum Gasteiger partial charge on any atom is 0.410 e. The molecule has 1 fully saturated rings. The summed E-state index contributed by atoms with van der Waals surface area (Å²) >= 11 is 0. The van der Waals surface area contributed by atoms with Gasteiger partial charge >= 0.3 is 6.09 Å². The highest BCUT2D eigenvalue weighted by Gasteiger charge is 2.25. The highest BCUT2D eigenvalue weighted by molar-refractivity contribution is 5.68. The maximum absolute atomic E-state index is 11.9. The van der Waals surface area contributed by atoms with E-state index >= 15 is 0 Å². The second-order valence-electron chi connectivity index (χ2n) is 6.11. The Morgan fingerprint density at radius 3 is 2.45 bits per heavy atom. The summed E-state index contributed by atoms with van der Waals surface area (Å²) in [7, 11) is 0. The van der Waals surface area contributed by atoms with E-state index in [0.717, 1.165) is 39.3 Å². The van der Waals surface area contributed by atoms with Crippen molar-refractivity contribution in [3.63, 3.8) is 0 Å². The first kappa shape index (κ1) is 14.8. The van der Waals surface area contributed by atoms with Crippen LogP contribution >= 0.6 is 0 Å². The second kappa shape index (κ2) is 6.26. The molecule has 6 heteroatoms. The van der Waals surface area contributed by atoms with E-state index in [4.69, 9.17) is 4.74 Å². The predicted octanol–water partition coefficient (Wildman–Crippen LogP) is 1.44. The Kier molecular flexibility index (Phi) is 4.65. The monoisotopic (exact) mass is 280 g/mol. The van der Waals surface area contributed by atoms with Crippen LogP contribution in [0.15, 0.2) is 18.7 Å². The third-order valence-electron chi connectivity index (χ3n) is 3.26. The van der Waals surface area contributed by atoms with E-state index < -0.39 is 5.60 Å². The molecule has 0 aromatic carbocycles.